The highest BCUT2D eigenvalue weighted by Crippen LogP contribution is 2.84. The third-order valence-electron chi connectivity index (χ3n) is 6.98. The minimum absolute atomic E-state index is 0.257. The van der Waals surface area contributed by atoms with Crippen molar-refractivity contribution in [1.82, 2.24) is 0 Å². The standard InChI is InChI=1S/C24H51F5N4P3/c1-4-7-10-13-16-19-22-33(23-20-17-14-11-8-5-2,24-21-18-15-12-9-6-3)36(29)31-34(25,26)30-35(27,28)32-36/h4-24H2,1-3H3/q+1. The Morgan fingerprint density at radius 2 is 0.722 bits per heavy atom. The minimum Gasteiger partial charge on any atom is -0.254 e. The summed E-state index contributed by atoms with van der Waals surface area (Å²) >= 11 is 0. The molecule has 0 aliphatic carbocycles. The van der Waals surface area contributed by atoms with Gasteiger partial charge in [-0.3, -0.25) is 4.25 Å². The topological polar surface area (TPSA) is 37.1 Å². The molecule has 1 heterocycles. The van der Waals surface area contributed by atoms with E-state index in [0.717, 1.165) is 96.3 Å². The summed E-state index contributed by atoms with van der Waals surface area (Å²) in [7, 11) is -16.3. The van der Waals surface area contributed by atoms with E-state index in [-0.39, 0.29) is 19.6 Å². The van der Waals surface area contributed by atoms with E-state index >= 15 is 4.20 Å². The van der Waals surface area contributed by atoms with Crippen LogP contribution in [0.15, 0.2) is 13.5 Å². The van der Waals surface area contributed by atoms with Gasteiger partial charge in [-0.15, -0.1) is 34.5 Å². The van der Waals surface area contributed by atoms with E-state index in [1.807, 2.05) is 0 Å². The Bertz CT molecular complexity index is 719. The molecule has 36 heavy (non-hydrogen) atoms. The van der Waals surface area contributed by atoms with Crippen molar-refractivity contribution in [1.29, 1.82) is 0 Å². The van der Waals surface area contributed by atoms with Gasteiger partial charge in [0.05, 0.1) is 19.6 Å². The molecule has 0 fully saturated rings. The van der Waals surface area contributed by atoms with Crippen molar-refractivity contribution in [3.05, 3.63) is 0 Å². The Balaban J connectivity index is 3.19. The second-order valence-corrected chi connectivity index (χ2v) is 16.1. The monoisotopic (exact) mass is 583 g/mol. The highest BCUT2D eigenvalue weighted by Gasteiger charge is 2.53. The maximum Gasteiger partial charge on any atom is 0.445 e. The second kappa shape index (κ2) is 17.8. The van der Waals surface area contributed by atoms with Crippen molar-refractivity contribution < 1.29 is 25.2 Å². The van der Waals surface area contributed by atoms with Crippen molar-refractivity contribution in [2.45, 2.75) is 136 Å². The molecule has 0 bridgehead atoms. The van der Waals surface area contributed by atoms with Crippen LogP contribution in [0.2, 0.25) is 0 Å². The Morgan fingerprint density at radius 1 is 0.417 bits per heavy atom. The van der Waals surface area contributed by atoms with Gasteiger partial charge in [-0.2, -0.15) is 0 Å². The molecule has 0 aromatic rings. The first kappa shape index (κ1) is 34.3. The molecule has 0 saturated heterocycles. The molecule has 1 aliphatic heterocycles. The summed E-state index contributed by atoms with van der Waals surface area (Å²) in [4.78, 5) is 0. The normalized spacial score (nSPS) is 21.0. The van der Waals surface area contributed by atoms with Crippen molar-refractivity contribution in [2.24, 2.45) is 13.5 Å². The smallest absolute Gasteiger partial charge is 0.254 e. The van der Waals surface area contributed by atoms with Crippen molar-refractivity contribution >= 4 is 23.3 Å². The van der Waals surface area contributed by atoms with Gasteiger partial charge in [0, 0.05) is 0 Å². The van der Waals surface area contributed by atoms with Crippen molar-refractivity contribution in [3.8, 4) is 0 Å². The first-order chi connectivity index (χ1) is 17.1. The number of rotatable bonds is 22. The molecule has 0 amide bonds. The van der Waals surface area contributed by atoms with E-state index in [0.29, 0.717) is 19.3 Å². The molecule has 0 saturated carbocycles. The summed E-state index contributed by atoms with van der Waals surface area (Å²) in [5, 5.41) is 0. The van der Waals surface area contributed by atoms with Gasteiger partial charge in [-0.25, -0.2) is 0 Å². The van der Waals surface area contributed by atoms with Crippen LogP contribution in [0, 0.1) is 0 Å². The maximum absolute atomic E-state index is 16.6. The average Bonchev–Trinajstić information content (AvgIpc) is 2.77. The van der Waals surface area contributed by atoms with Crippen molar-refractivity contribution in [3.63, 3.8) is 0 Å². The van der Waals surface area contributed by atoms with Gasteiger partial charge in [0.15, 0.2) is 0 Å². The lowest BCUT2D eigenvalue weighted by Gasteiger charge is -2.41. The third kappa shape index (κ3) is 12.9. The Hall–Kier alpha value is 0.300. The molecule has 1 aliphatic rings. The Morgan fingerprint density at radius 3 is 1.06 bits per heavy atom. The summed E-state index contributed by atoms with van der Waals surface area (Å²) < 4.78 is 82.3. The number of unbranched alkanes of at least 4 members (excludes halogenated alkanes) is 15. The first-order valence-electron chi connectivity index (χ1n) is 14.3. The third-order valence-corrected chi connectivity index (χ3v) is 13.9. The van der Waals surface area contributed by atoms with E-state index in [4.69, 9.17) is 0 Å². The van der Waals surface area contributed by atoms with Crippen LogP contribution in [0.5, 0.6) is 0 Å². The molecule has 0 aromatic carbocycles. The SMILES string of the molecule is CCCCCCCC[N+](CCCCCCCC)(CCCCCCCC)P1(F)=NP(F)(F)=NP(F)(F)=N1. The molecule has 1 rings (SSSR count). The molecule has 0 spiro atoms. The van der Waals surface area contributed by atoms with E-state index in [2.05, 4.69) is 34.3 Å². The molecule has 0 aromatic heterocycles. The molecule has 4 nitrogen and oxygen atoms in total. The molecular formula is C24H51F5N4P3+. The lowest BCUT2D eigenvalue weighted by atomic mass is 10.1. The van der Waals surface area contributed by atoms with Gasteiger partial charge in [0.1, 0.15) is 0 Å². The van der Waals surface area contributed by atoms with Crippen LogP contribution in [0.25, 0.3) is 0 Å². The van der Waals surface area contributed by atoms with E-state index in [9.17, 15) is 16.8 Å². The van der Waals surface area contributed by atoms with Gasteiger partial charge in [0.25, 0.3) is 0 Å². The summed E-state index contributed by atoms with van der Waals surface area (Å²) in [6.07, 6.45) is 17.2. The number of nitrogens with zero attached hydrogens (tertiary/aromatic N) is 4. The molecule has 0 N–H and O–H groups in total. The second-order valence-electron chi connectivity index (χ2n) is 10.2. The quantitative estimate of drug-likeness (QED) is 0.0691. The highest BCUT2D eigenvalue weighted by molar-refractivity contribution is 7.77. The largest absolute Gasteiger partial charge is 0.445 e. The minimum atomic E-state index is -5.72. The van der Waals surface area contributed by atoms with Gasteiger partial charge < -0.3 is 0 Å². The Labute approximate surface area is 218 Å². The number of hydrogen-bond acceptors (Lipinski definition) is 3. The van der Waals surface area contributed by atoms with Gasteiger partial charge in [-0.05, 0) is 38.5 Å². The van der Waals surface area contributed by atoms with Crippen LogP contribution in [0.4, 0.5) is 21.0 Å². The van der Waals surface area contributed by atoms with Crippen LogP contribution in [0.3, 0.4) is 0 Å². The summed E-state index contributed by atoms with van der Waals surface area (Å²) in [6.45, 7) is 7.16. The predicted octanol–water partition coefficient (Wildman–Crippen LogP) is 13.6. The van der Waals surface area contributed by atoms with Crippen molar-refractivity contribution in [2.75, 3.05) is 19.6 Å². The molecular weight excluding hydrogens is 532 g/mol. The highest BCUT2D eigenvalue weighted by atomic mass is 31.3. The zero-order chi connectivity index (χ0) is 27.0. The van der Waals surface area contributed by atoms with E-state index < -0.39 is 27.6 Å². The lowest BCUT2D eigenvalue weighted by Crippen LogP contribution is -2.45. The molecule has 1 unspecified atom stereocenters. The van der Waals surface area contributed by atoms with Crippen LogP contribution in [-0.2, 0) is 0 Å². The van der Waals surface area contributed by atoms with E-state index in [1.54, 1.807) is 0 Å². The summed E-state index contributed by atoms with van der Waals surface area (Å²) in [5.74, 6) is 0. The summed E-state index contributed by atoms with van der Waals surface area (Å²) in [5.41, 5.74) is 0. The maximum atomic E-state index is 16.6. The van der Waals surface area contributed by atoms with Gasteiger partial charge >= 0.3 is 23.3 Å². The zero-order valence-electron chi connectivity index (χ0n) is 22.9. The zero-order valence-corrected chi connectivity index (χ0v) is 25.6. The number of quaternary nitrogens is 1. The van der Waals surface area contributed by atoms with E-state index in [1.165, 1.54) is 0 Å². The van der Waals surface area contributed by atoms with Crippen LogP contribution in [0.1, 0.15) is 136 Å². The fourth-order valence-corrected chi connectivity index (χ4v) is 12.1. The molecule has 216 valence electrons. The first-order valence-corrected chi connectivity index (χ1v) is 18.8. The fraction of sp³-hybridized carbons (Fsp3) is 1.00. The van der Waals surface area contributed by atoms with Gasteiger partial charge in [-0.1, -0.05) is 97.8 Å². The molecule has 12 heteroatoms. The molecule has 0 radical (unpaired) electrons. The molecule has 1 atom stereocenters. The number of halogens is 5. The average molecular weight is 584 g/mol. The Kier molecular flexibility index (Phi) is 17.0. The van der Waals surface area contributed by atoms with Crippen LogP contribution >= 0.6 is 23.3 Å². The van der Waals surface area contributed by atoms with Gasteiger partial charge in [0.2, 0.25) is 0 Å². The van der Waals surface area contributed by atoms with Crippen LogP contribution < -0.4 is 0 Å². The summed E-state index contributed by atoms with van der Waals surface area (Å²) in [6, 6.07) is 0. The predicted molar refractivity (Wildman–Crippen MR) is 149 cm³/mol. The fourth-order valence-electron chi connectivity index (χ4n) is 4.90. The number of hydrogen-bond donors (Lipinski definition) is 0. The van der Waals surface area contributed by atoms with Crippen LogP contribution in [-0.4, -0.2) is 23.9 Å². The lowest BCUT2D eigenvalue weighted by molar-refractivity contribution is -0.815.